The molecule has 1 aromatic carbocycles. The molecule has 0 radical (unpaired) electrons. The lowest BCUT2D eigenvalue weighted by Gasteiger charge is -2.15. The van der Waals surface area contributed by atoms with Gasteiger partial charge in [-0.3, -0.25) is 4.98 Å². The number of benzene rings is 1. The van der Waals surface area contributed by atoms with Gasteiger partial charge in [-0.2, -0.15) is 0 Å². The lowest BCUT2D eigenvalue weighted by atomic mass is 10.0. The second-order valence-electron chi connectivity index (χ2n) is 9.77. The van der Waals surface area contributed by atoms with E-state index >= 15 is 0 Å². The van der Waals surface area contributed by atoms with Crippen LogP contribution in [-0.4, -0.2) is 11.1 Å². The van der Waals surface area contributed by atoms with Crippen molar-refractivity contribution in [1.29, 1.82) is 0 Å². The molecule has 33 heavy (non-hydrogen) atoms. The Morgan fingerprint density at radius 3 is 1.76 bits per heavy atom. The maximum atomic E-state index is 6.09. The quantitative estimate of drug-likeness (QED) is 0.198. The van der Waals surface area contributed by atoms with Gasteiger partial charge in [-0.15, -0.1) is 0 Å². The standard InChI is InChI=1S/C31H49NO/c1-4-6-8-10-11-12-13-14-15-17-19-30-23-20-29(26-32-30)28-21-24-31(25-22-28)33-27(3)18-16-9-7-5-2/h20-27H,4-19H2,1-3H3/t27-/m1/s1. The van der Waals surface area contributed by atoms with Crippen molar-refractivity contribution in [3.63, 3.8) is 0 Å². The van der Waals surface area contributed by atoms with Crippen LogP contribution >= 0.6 is 0 Å². The largest absolute Gasteiger partial charge is 0.491 e. The highest BCUT2D eigenvalue weighted by atomic mass is 16.5. The van der Waals surface area contributed by atoms with Crippen molar-refractivity contribution in [2.75, 3.05) is 0 Å². The van der Waals surface area contributed by atoms with Gasteiger partial charge in [0.15, 0.2) is 0 Å². The summed E-state index contributed by atoms with van der Waals surface area (Å²) in [6.07, 6.45) is 23.5. The van der Waals surface area contributed by atoms with E-state index in [9.17, 15) is 0 Å². The number of hydrogen-bond donors (Lipinski definition) is 0. The topological polar surface area (TPSA) is 22.1 Å². The molecule has 184 valence electrons. The second kappa shape index (κ2) is 17.6. The Morgan fingerprint density at radius 1 is 0.636 bits per heavy atom. The van der Waals surface area contributed by atoms with Crippen LogP contribution in [0.3, 0.4) is 0 Å². The molecule has 0 spiro atoms. The van der Waals surface area contributed by atoms with E-state index in [-0.39, 0.29) is 6.10 Å². The minimum atomic E-state index is 0.277. The fourth-order valence-corrected chi connectivity index (χ4v) is 4.41. The third kappa shape index (κ3) is 12.3. The zero-order valence-electron chi connectivity index (χ0n) is 21.8. The molecule has 0 aliphatic carbocycles. The monoisotopic (exact) mass is 451 g/mol. The van der Waals surface area contributed by atoms with E-state index in [0.717, 1.165) is 18.6 Å². The Labute approximate surface area is 204 Å². The van der Waals surface area contributed by atoms with Gasteiger partial charge in [-0.05, 0) is 56.4 Å². The van der Waals surface area contributed by atoms with Gasteiger partial charge in [0.05, 0.1) is 6.10 Å². The van der Waals surface area contributed by atoms with Crippen molar-refractivity contribution in [3.8, 4) is 16.9 Å². The minimum absolute atomic E-state index is 0.277. The van der Waals surface area contributed by atoms with Crippen molar-refractivity contribution < 1.29 is 4.74 Å². The summed E-state index contributed by atoms with van der Waals surface area (Å²) in [7, 11) is 0. The van der Waals surface area contributed by atoms with Crippen molar-refractivity contribution >= 4 is 0 Å². The molecule has 1 heterocycles. The van der Waals surface area contributed by atoms with Gasteiger partial charge in [-0.25, -0.2) is 0 Å². The van der Waals surface area contributed by atoms with Gasteiger partial charge in [0.25, 0.3) is 0 Å². The maximum Gasteiger partial charge on any atom is 0.119 e. The lowest BCUT2D eigenvalue weighted by molar-refractivity contribution is 0.206. The molecule has 0 fully saturated rings. The summed E-state index contributed by atoms with van der Waals surface area (Å²) in [6.45, 7) is 6.72. The molecule has 1 atom stereocenters. The molecule has 2 nitrogen and oxygen atoms in total. The van der Waals surface area contributed by atoms with Crippen LogP contribution < -0.4 is 4.74 Å². The Bertz CT molecular complexity index is 707. The van der Waals surface area contributed by atoms with Crippen molar-refractivity contribution in [2.24, 2.45) is 0 Å². The lowest BCUT2D eigenvalue weighted by Crippen LogP contribution is -2.11. The normalized spacial score (nSPS) is 12.1. The van der Waals surface area contributed by atoms with E-state index in [1.807, 2.05) is 6.20 Å². The van der Waals surface area contributed by atoms with Crippen molar-refractivity contribution in [2.45, 2.75) is 130 Å². The Hall–Kier alpha value is -1.83. The van der Waals surface area contributed by atoms with Crippen LogP contribution in [0, 0.1) is 0 Å². The molecule has 0 aliphatic rings. The van der Waals surface area contributed by atoms with E-state index in [0.29, 0.717) is 0 Å². The number of pyridine rings is 1. The summed E-state index contributed by atoms with van der Waals surface area (Å²) in [4.78, 5) is 4.72. The molecular formula is C31H49NO. The molecule has 2 aromatic rings. The number of aryl methyl sites for hydroxylation is 1. The van der Waals surface area contributed by atoms with Gasteiger partial charge in [0.1, 0.15) is 5.75 Å². The van der Waals surface area contributed by atoms with Gasteiger partial charge in [0.2, 0.25) is 0 Å². The summed E-state index contributed by atoms with van der Waals surface area (Å²) >= 11 is 0. The SMILES string of the molecule is CCCCCCCCCCCCc1ccc(-c2ccc(O[C@H](C)CCCCCC)cc2)cn1. The maximum absolute atomic E-state index is 6.09. The summed E-state index contributed by atoms with van der Waals surface area (Å²) in [5.41, 5.74) is 3.60. The van der Waals surface area contributed by atoms with E-state index in [1.54, 1.807) is 0 Å². The predicted octanol–water partition coefficient (Wildman–Crippen LogP) is 9.95. The van der Waals surface area contributed by atoms with E-state index in [4.69, 9.17) is 9.72 Å². The summed E-state index contributed by atoms with van der Waals surface area (Å²) in [5, 5.41) is 0. The van der Waals surface area contributed by atoms with Gasteiger partial charge < -0.3 is 4.74 Å². The molecule has 0 unspecified atom stereocenters. The number of rotatable bonds is 19. The van der Waals surface area contributed by atoms with E-state index < -0.39 is 0 Å². The molecule has 2 heteroatoms. The smallest absolute Gasteiger partial charge is 0.119 e. The fourth-order valence-electron chi connectivity index (χ4n) is 4.41. The van der Waals surface area contributed by atoms with Gasteiger partial charge >= 0.3 is 0 Å². The van der Waals surface area contributed by atoms with E-state index in [1.165, 1.54) is 107 Å². The minimum Gasteiger partial charge on any atom is -0.491 e. The van der Waals surface area contributed by atoms with Crippen LogP contribution in [-0.2, 0) is 6.42 Å². The van der Waals surface area contributed by atoms with Crippen LogP contribution in [0.15, 0.2) is 42.6 Å². The molecule has 0 amide bonds. The summed E-state index contributed by atoms with van der Waals surface area (Å²) in [6, 6.07) is 12.9. The summed E-state index contributed by atoms with van der Waals surface area (Å²) in [5.74, 6) is 0.965. The number of hydrogen-bond acceptors (Lipinski definition) is 2. The highest BCUT2D eigenvalue weighted by Gasteiger charge is 2.05. The first-order valence-corrected chi connectivity index (χ1v) is 13.9. The third-order valence-corrected chi connectivity index (χ3v) is 6.60. The second-order valence-corrected chi connectivity index (χ2v) is 9.77. The number of aromatic nitrogens is 1. The molecule has 0 N–H and O–H groups in total. The van der Waals surface area contributed by atoms with E-state index in [2.05, 4.69) is 57.2 Å². The van der Waals surface area contributed by atoms with Crippen LogP contribution in [0.4, 0.5) is 0 Å². The van der Waals surface area contributed by atoms with Crippen LogP contribution in [0.1, 0.15) is 123 Å². The molecule has 2 rings (SSSR count). The van der Waals surface area contributed by atoms with Gasteiger partial charge in [-0.1, -0.05) is 109 Å². The number of unbranched alkanes of at least 4 members (excludes halogenated alkanes) is 12. The molecule has 0 saturated heterocycles. The first kappa shape index (κ1) is 27.4. The molecular weight excluding hydrogens is 402 g/mol. The fraction of sp³-hybridized carbons (Fsp3) is 0.645. The number of nitrogens with zero attached hydrogens (tertiary/aromatic N) is 1. The van der Waals surface area contributed by atoms with Crippen molar-refractivity contribution in [1.82, 2.24) is 4.98 Å². The highest BCUT2D eigenvalue weighted by molar-refractivity contribution is 5.63. The first-order chi connectivity index (χ1) is 16.2. The molecule has 0 bridgehead atoms. The average molecular weight is 452 g/mol. The van der Waals surface area contributed by atoms with Crippen LogP contribution in [0.25, 0.3) is 11.1 Å². The van der Waals surface area contributed by atoms with Crippen LogP contribution in [0.5, 0.6) is 5.75 Å². The van der Waals surface area contributed by atoms with Crippen molar-refractivity contribution in [3.05, 3.63) is 48.3 Å². The Morgan fingerprint density at radius 2 is 1.18 bits per heavy atom. The predicted molar refractivity (Wildman–Crippen MR) is 144 cm³/mol. The number of ether oxygens (including phenoxy) is 1. The van der Waals surface area contributed by atoms with Gasteiger partial charge in [0, 0.05) is 17.5 Å². The molecule has 0 aliphatic heterocycles. The van der Waals surface area contributed by atoms with Crippen LogP contribution in [0.2, 0.25) is 0 Å². The Balaban J connectivity index is 1.63. The zero-order valence-corrected chi connectivity index (χ0v) is 21.8. The average Bonchev–Trinajstić information content (AvgIpc) is 2.84. The third-order valence-electron chi connectivity index (χ3n) is 6.60. The highest BCUT2D eigenvalue weighted by Crippen LogP contribution is 2.23. The molecule has 1 aromatic heterocycles. The zero-order chi connectivity index (χ0) is 23.6. The summed E-state index contributed by atoms with van der Waals surface area (Å²) < 4.78 is 6.09. The Kier molecular flexibility index (Phi) is 14.6. The molecule has 0 saturated carbocycles. The first-order valence-electron chi connectivity index (χ1n) is 13.9.